The van der Waals surface area contributed by atoms with Crippen LogP contribution < -0.4 is 10.1 Å². The zero-order chi connectivity index (χ0) is 24.5. The van der Waals surface area contributed by atoms with E-state index in [-0.39, 0.29) is 5.91 Å². The first-order valence-electron chi connectivity index (χ1n) is 11.1. The molecule has 0 saturated heterocycles. The van der Waals surface area contributed by atoms with Crippen molar-refractivity contribution in [1.29, 1.82) is 0 Å². The van der Waals surface area contributed by atoms with Gasteiger partial charge in [0.05, 0.1) is 18.4 Å². The van der Waals surface area contributed by atoms with Crippen LogP contribution in [0.4, 0.5) is 5.82 Å². The number of hydrogen-bond donors (Lipinski definition) is 1. The van der Waals surface area contributed by atoms with E-state index >= 15 is 0 Å². The van der Waals surface area contributed by atoms with Gasteiger partial charge in [-0.05, 0) is 60.0 Å². The van der Waals surface area contributed by atoms with E-state index in [9.17, 15) is 4.79 Å². The molecule has 0 fully saturated rings. The van der Waals surface area contributed by atoms with Crippen LogP contribution in [-0.4, -0.2) is 18.0 Å². The number of methoxy groups -OCH3 is 1. The molecule has 6 heteroatoms. The number of carbonyl (C=O) groups excluding carboxylic acids is 1. The Balaban J connectivity index is 1.57. The fraction of sp³-hybridized carbons (Fsp3) is 0.103. The number of aryl methyl sites for hydroxylation is 1. The maximum absolute atomic E-state index is 12.7. The Labute approximate surface area is 208 Å². The Bertz CT molecular complexity index is 1600. The number of allylic oxidation sites excluding steroid dienone is 1. The standard InChI is InChI=1S/C29H23ClN2O3/c1-17(12-27(33)32-26-11-10-22(30)15-31-26)23-14-24-25(16-35-29(24)18(2)28(23)34-3)21-9-8-19-6-4-5-7-20(19)13-21/h4-16H,1-3H3,(H,31,32,33)/b17-12+. The predicted octanol–water partition coefficient (Wildman–Crippen LogP) is 7.66. The van der Waals surface area contributed by atoms with E-state index < -0.39 is 0 Å². The van der Waals surface area contributed by atoms with Gasteiger partial charge in [0.15, 0.2) is 0 Å². The molecule has 2 heterocycles. The van der Waals surface area contributed by atoms with E-state index in [0.717, 1.165) is 44.2 Å². The fourth-order valence-electron chi connectivity index (χ4n) is 4.34. The number of halogens is 1. The van der Waals surface area contributed by atoms with Crippen LogP contribution in [0.1, 0.15) is 18.1 Å². The van der Waals surface area contributed by atoms with Gasteiger partial charge in [0.1, 0.15) is 17.2 Å². The number of rotatable bonds is 5. The Hall–Kier alpha value is -4.09. The number of anilines is 1. The van der Waals surface area contributed by atoms with E-state index in [1.54, 1.807) is 25.5 Å². The van der Waals surface area contributed by atoms with Crippen LogP contribution >= 0.6 is 11.6 Å². The highest BCUT2D eigenvalue weighted by molar-refractivity contribution is 6.30. The van der Waals surface area contributed by atoms with E-state index in [2.05, 4.69) is 40.6 Å². The number of nitrogens with zero attached hydrogens (tertiary/aromatic N) is 1. The van der Waals surface area contributed by atoms with Crippen molar-refractivity contribution in [2.75, 3.05) is 12.4 Å². The van der Waals surface area contributed by atoms with E-state index in [1.165, 1.54) is 17.7 Å². The zero-order valence-corrected chi connectivity index (χ0v) is 20.3. The molecule has 0 aliphatic rings. The Morgan fingerprint density at radius 1 is 1.09 bits per heavy atom. The highest BCUT2D eigenvalue weighted by Crippen LogP contribution is 2.41. The van der Waals surface area contributed by atoms with Gasteiger partial charge in [0.25, 0.3) is 0 Å². The normalized spacial score (nSPS) is 11.7. The molecule has 3 aromatic carbocycles. The number of fused-ring (bicyclic) bond motifs is 2. The lowest BCUT2D eigenvalue weighted by atomic mass is 9.95. The number of furan rings is 1. The van der Waals surface area contributed by atoms with Crippen molar-refractivity contribution in [2.24, 2.45) is 0 Å². The lowest BCUT2D eigenvalue weighted by Crippen LogP contribution is -2.10. The number of amides is 1. The average Bonchev–Trinajstić information content (AvgIpc) is 3.29. The van der Waals surface area contributed by atoms with Gasteiger partial charge in [-0.1, -0.05) is 48.0 Å². The van der Waals surface area contributed by atoms with Crippen LogP contribution in [0.25, 0.3) is 38.4 Å². The molecule has 0 atom stereocenters. The SMILES string of the molecule is COc1c(/C(C)=C/C(=O)Nc2ccc(Cl)cn2)cc2c(-c3ccc4ccccc4c3)coc2c1C. The number of pyridine rings is 1. The summed E-state index contributed by atoms with van der Waals surface area (Å²) in [5, 5.41) is 6.57. The van der Waals surface area contributed by atoms with Crippen LogP contribution in [0.15, 0.2) is 83.6 Å². The fourth-order valence-corrected chi connectivity index (χ4v) is 4.45. The summed E-state index contributed by atoms with van der Waals surface area (Å²) < 4.78 is 11.7. The summed E-state index contributed by atoms with van der Waals surface area (Å²) in [6, 6.07) is 20.0. The quantitative estimate of drug-likeness (QED) is 0.261. The second-order valence-corrected chi connectivity index (χ2v) is 8.79. The average molecular weight is 483 g/mol. The molecule has 0 radical (unpaired) electrons. The van der Waals surface area contributed by atoms with E-state index in [1.807, 2.05) is 32.0 Å². The zero-order valence-electron chi connectivity index (χ0n) is 19.6. The predicted molar refractivity (Wildman–Crippen MR) is 142 cm³/mol. The second kappa shape index (κ2) is 9.28. The molecule has 1 amide bonds. The molecular weight excluding hydrogens is 460 g/mol. The highest BCUT2D eigenvalue weighted by atomic mass is 35.5. The van der Waals surface area contributed by atoms with Crippen molar-refractivity contribution in [3.05, 3.63) is 95.3 Å². The summed E-state index contributed by atoms with van der Waals surface area (Å²) in [5.74, 6) is 0.803. The molecule has 2 aromatic heterocycles. The number of carbonyl (C=O) groups is 1. The van der Waals surface area contributed by atoms with Gasteiger partial charge >= 0.3 is 0 Å². The molecule has 5 aromatic rings. The summed E-state index contributed by atoms with van der Waals surface area (Å²) >= 11 is 5.88. The summed E-state index contributed by atoms with van der Waals surface area (Å²) in [4.78, 5) is 16.8. The van der Waals surface area contributed by atoms with Gasteiger partial charge in [0, 0.05) is 34.3 Å². The first-order valence-corrected chi connectivity index (χ1v) is 11.5. The third kappa shape index (κ3) is 4.38. The molecule has 0 bridgehead atoms. The van der Waals surface area contributed by atoms with Crippen LogP contribution in [-0.2, 0) is 4.79 Å². The molecule has 0 aliphatic carbocycles. The highest BCUT2D eigenvalue weighted by Gasteiger charge is 2.19. The number of nitrogens with one attached hydrogen (secondary N) is 1. The molecule has 0 aliphatic heterocycles. The van der Waals surface area contributed by atoms with Crippen molar-refractivity contribution in [2.45, 2.75) is 13.8 Å². The van der Waals surface area contributed by atoms with Crippen LogP contribution in [0, 0.1) is 6.92 Å². The Kier molecular flexibility index (Phi) is 6.01. The summed E-state index contributed by atoms with van der Waals surface area (Å²) in [6.07, 6.45) is 4.80. The van der Waals surface area contributed by atoms with Gasteiger partial charge in [-0.15, -0.1) is 0 Å². The third-order valence-electron chi connectivity index (χ3n) is 6.06. The molecule has 5 rings (SSSR count). The van der Waals surface area contributed by atoms with E-state index in [0.29, 0.717) is 16.6 Å². The van der Waals surface area contributed by atoms with Crippen molar-refractivity contribution >= 4 is 50.6 Å². The molecule has 0 saturated carbocycles. The third-order valence-corrected chi connectivity index (χ3v) is 6.28. The maximum Gasteiger partial charge on any atom is 0.249 e. The Morgan fingerprint density at radius 2 is 1.89 bits per heavy atom. The molecule has 0 spiro atoms. The van der Waals surface area contributed by atoms with Crippen molar-refractivity contribution in [3.63, 3.8) is 0 Å². The van der Waals surface area contributed by atoms with Crippen molar-refractivity contribution in [3.8, 4) is 16.9 Å². The minimum atomic E-state index is -0.293. The topological polar surface area (TPSA) is 64.4 Å². The largest absolute Gasteiger partial charge is 0.496 e. The van der Waals surface area contributed by atoms with Crippen LogP contribution in [0.3, 0.4) is 0 Å². The lowest BCUT2D eigenvalue weighted by molar-refractivity contribution is -0.111. The number of hydrogen-bond acceptors (Lipinski definition) is 4. The van der Waals surface area contributed by atoms with Gasteiger partial charge < -0.3 is 14.5 Å². The lowest BCUT2D eigenvalue weighted by Gasteiger charge is -2.13. The maximum atomic E-state index is 12.7. The first kappa shape index (κ1) is 22.7. The molecule has 5 nitrogen and oxygen atoms in total. The first-order chi connectivity index (χ1) is 16.9. The molecule has 174 valence electrons. The van der Waals surface area contributed by atoms with Gasteiger partial charge in [-0.2, -0.15) is 0 Å². The van der Waals surface area contributed by atoms with Gasteiger partial charge in [0.2, 0.25) is 5.91 Å². The molecule has 0 unspecified atom stereocenters. The monoisotopic (exact) mass is 482 g/mol. The molecular formula is C29H23ClN2O3. The molecule has 1 N–H and O–H groups in total. The van der Waals surface area contributed by atoms with Gasteiger partial charge in [-0.25, -0.2) is 4.98 Å². The Morgan fingerprint density at radius 3 is 2.63 bits per heavy atom. The summed E-state index contributed by atoms with van der Waals surface area (Å²) in [5.41, 5.74) is 5.26. The molecule has 35 heavy (non-hydrogen) atoms. The summed E-state index contributed by atoms with van der Waals surface area (Å²) in [7, 11) is 1.62. The number of aromatic nitrogens is 1. The minimum absolute atomic E-state index is 0.293. The minimum Gasteiger partial charge on any atom is -0.496 e. The van der Waals surface area contributed by atoms with Crippen LogP contribution in [0.2, 0.25) is 5.02 Å². The number of ether oxygens (including phenoxy) is 1. The smallest absolute Gasteiger partial charge is 0.249 e. The second-order valence-electron chi connectivity index (χ2n) is 8.35. The van der Waals surface area contributed by atoms with Crippen molar-refractivity contribution < 1.29 is 13.9 Å². The number of benzene rings is 3. The van der Waals surface area contributed by atoms with E-state index in [4.69, 9.17) is 20.8 Å². The van der Waals surface area contributed by atoms with Crippen LogP contribution in [0.5, 0.6) is 5.75 Å². The summed E-state index contributed by atoms with van der Waals surface area (Å²) in [6.45, 7) is 3.84. The van der Waals surface area contributed by atoms with Gasteiger partial charge in [-0.3, -0.25) is 4.79 Å². The van der Waals surface area contributed by atoms with Crippen molar-refractivity contribution in [1.82, 2.24) is 4.98 Å².